The van der Waals surface area contributed by atoms with Crippen LogP contribution in [-0.4, -0.2) is 17.9 Å². The molecule has 0 saturated heterocycles. The smallest absolute Gasteiger partial charge is 0.231 e. The summed E-state index contributed by atoms with van der Waals surface area (Å²) in [6.07, 6.45) is 3.32. The van der Waals surface area contributed by atoms with Gasteiger partial charge in [-0.2, -0.15) is 0 Å². The monoisotopic (exact) mass is 204 g/mol. The lowest BCUT2D eigenvalue weighted by molar-refractivity contribution is -0.117. The number of hydrogen-bond donors (Lipinski definition) is 0. The third kappa shape index (κ3) is 1.87. The van der Waals surface area contributed by atoms with Gasteiger partial charge in [0.2, 0.25) is 5.91 Å². The van der Waals surface area contributed by atoms with Crippen molar-refractivity contribution in [1.82, 2.24) is 4.98 Å². The first kappa shape index (κ1) is 10.1. The van der Waals surface area contributed by atoms with Crippen LogP contribution in [0.5, 0.6) is 0 Å². The standard InChI is InChI=1S/C12H16N2O/c1-8(2)4-10-5-9-6-12(15)14(3)11(9)7-13-10/h5,7-8H,4,6H2,1-3H3. The van der Waals surface area contributed by atoms with Crippen molar-refractivity contribution in [3.8, 4) is 0 Å². The number of carbonyl (C=O) groups excluding carboxylic acids is 1. The predicted octanol–water partition coefficient (Wildman–Crippen LogP) is 1.80. The molecule has 0 bridgehead atoms. The third-order valence-electron chi connectivity index (χ3n) is 2.72. The average molecular weight is 204 g/mol. The van der Waals surface area contributed by atoms with E-state index >= 15 is 0 Å². The summed E-state index contributed by atoms with van der Waals surface area (Å²) in [4.78, 5) is 17.5. The Morgan fingerprint density at radius 1 is 1.53 bits per heavy atom. The van der Waals surface area contributed by atoms with E-state index < -0.39 is 0 Å². The zero-order valence-electron chi connectivity index (χ0n) is 9.45. The van der Waals surface area contributed by atoms with E-state index in [0.29, 0.717) is 12.3 Å². The molecule has 1 aromatic rings. The summed E-state index contributed by atoms with van der Waals surface area (Å²) in [6, 6.07) is 2.07. The van der Waals surface area contributed by atoms with Crippen LogP contribution in [0.3, 0.4) is 0 Å². The molecule has 0 fully saturated rings. The van der Waals surface area contributed by atoms with Gasteiger partial charge in [-0.1, -0.05) is 13.8 Å². The highest BCUT2D eigenvalue weighted by molar-refractivity contribution is 6.00. The summed E-state index contributed by atoms with van der Waals surface area (Å²) in [5, 5.41) is 0. The second-order valence-corrected chi connectivity index (χ2v) is 4.53. The molecule has 0 spiro atoms. The Kier molecular flexibility index (Phi) is 2.47. The minimum absolute atomic E-state index is 0.161. The second-order valence-electron chi connectivity index (χ2n) is 4.53. The first-order valence-electron chi connectivity index (χ1n) is 5.32. The van der Waals surface area contributed by atoms with Crippen molar-refractivity contribution >= 4 is 11.6 Å². The number of likely N-dealkylation sites (N-methyl/N-ethyl adjacent to an activating group) is 1. The van der Waals surface area contributed by atoms with Crippen LogP contribution >= 0.6 is 0 Å². The zero-order valence-corrected chi connectivity index (χ0v) is 9.45. The van der Waals surface area contributed by atoms with E-state index in [2.05, 4.69) is 24.9 Å². The average Bonchev–Trinajstić information content (AvgIpc) is 2.41. The Balaban J connectivity index is 2.29. The van der Waals surface area contributed by atoms with E-state index in [-0.39, 0.29) is 5.91 Å². The lowest BCUT2D eigenvalue weighted by atomic mass is 10.1. The maximum absolute atomic E-state index is 11.5. The molecule has 2 heterocycles. The van der Waals surface area contributed by atoms with Crippen LogP contribution in [0.2, 0.25) is 0 Å². The fraction of sp³-hybridized carbons (Fsp3) is 0.500. The van der Waals surface area contributed by atoms with Gasteiger partial charge in [0.1, 0.15) is 0 Å². The van der Waals surface area contributed by atoms with Crippen LogP contribution in [0.1, 0.15) is 25.1 Å². The molecule has 1 aliphatic heterocycles. The lowest BCUT2D eigenvalue weighted by Crippen LogP contribution is -2.20. The summed E-state index contributed by atoms with van der Waals surface area (Å²) in [5.41, 5.74) is 3.17. The van der Waals surface area contributed by atoms with Gasteiger partial charge in [0.15, 0.2) is 0 Å². The van der Waals surface area contributed by atoms with Crippen LogP contribution in [0.4, 0.5) is 5.69 Å². The molecule has 3 nitrogen and oxygen atoms in total. The Hall–Kier alpha value is -1.38. The van der Waals surface area contributed by atoms with Gasteiger partial charge < -0.3 is 4.90 Å². The van der Waals surface area contributed by atoms with Gasteiger partial charge in [-0.25, -0.2) is 0 Å². The molecule has 2 rings (SSSR count). The number of carbonyl (C=O) groups is 1. The van der Waals surface area contributed by atoms with Crippen LogP contribution in [0.25, 0.3) is 0 Å². The van der Waals surface area contributed by atoms with E-state index in [1.807, 2.05) is 6.20 Å². The van der Waals surface area contributed by atoms with Crippen molar-refractivity contribution in [3.05, 3.63) is 23.5 Å². The van der Waals surface area contributed by atoms with Crippen molar-refractivity contribution in [3.63, 3.8) is 0 Å². The molecule has 0 N–H and O–H groups in total. The van der Waals surface area contributed by atoms with E-state index in [9.17, 15) is 4.79 Å². The zero-order chi connectivity index (χ0) is 11.0. The SMILES string of the molecule is CC(C)Cc1cc2c(cn1)N(C)C(=O)C2. The topological polar surface area (TPSA) is 33.2 Å². The molecule has 1 amide bonds. The Morgan fingerprint density at radius 2 is 2.27 bits per heavy atom. The lowest BCUT2D eigenvalue weighted by Gasteiger charge is -2.10. The van der Waals surface area contributed by atoms with Crippen molar-refractivity contribution < 1.29 is 4.79 Å². The van der Waals surface area contributed by atoms with E-state index in [0.717, 1.165) is 23.4 Å². The molecular formula is C12H16N2O. The maximum Gasteiger partial charge on any atom is 0.231 e. The fourth-order valence-corrected chi connectivity index (χ4v) is 1.93. The normalized spacial score (nSPS) is 14.9. The molecule has 0 unspecified atom stereocenters. The van der Waals surface area contributed by atoms with E-state index in [4.69, 9.17) is 0 Å². The number of aromatic nitrogens is 1. The van der Waals surface area contributed by atoms with Crippen molar-refractivity contribution in [2.45, 2.75) is 26.7 Å². The molecule has 1 aliphatic rings. The summed E-state index contributed by atoms with van der Waals surface area (Å²) in [6.45, 7) is 4.35. The maximum atomic E-state index is 11.5. The Morgan fingerprint density at radius 3 is 2.93 bits per heavy atom. The molecule has 15 heavy (non-hydrogen) atoms. The van der Waals surface area contributed by atoms with Gasteiger partial charge in [0.05, 0.1) is 18.3 Å². The number of nitrogens with zero attached hydrogens (tertiary/aromatic N) is 2. The molecule has 3 heteroatoms. The highest BCUT2D eigenvalue weighted by Gasteiger charge is 2.24. The number of amides is 1. The van der Waals surface area contributed by atoms with Crippen molar-refractivity contribution in [1.29, 1.82) is 0 Å². The van der Waals surface area contributed by atoms with Gasteiger partial charge >= 0.3 is 0 Å². The highest BCUT2D eigenvalue weighted by Crippen LogP contribution is 2.27. The number of fused-ring (bicyclic) bond motifs is 1. The van der Waals surface area contributed by atoms with Crippen LogP contribution < -0.4 is 4.90 Å². The summed E-state index contributed by atoms with van der Waals surface area (Å²) in [5.74, 6) is 0.763. The van der Waals surface area contributed by atoms with Gasteiger partial charge in [-0.15, -0.1) is 0 Å². The Labute approximate surface area is 90.1 Å². The van der Waals surface area contributed by atoms with Crippen LogP contribution in [-0.2, 0) is 17.6 Å². The molecular weight excluding hydrogens is 188 g/mol. The number of pyridine rings is 1. The number of hydrogen-bond acceptors (Lipinski definition) is 2. The first-order chi connectivity index (χ1) is 7.08. The van der Waals surface area contributed by atoms with Crippen LogP contribution in [0, 0.1) is 5.92 Å². The molecule has 80 valence electrons. The van der Waals surface area contributed by atoms with Gasteiger partial charge in [-0.3, -0.25) is 9.78 Å². The third-order valence-corrected chi connectivity index (χ3v) is 2.72. The molecule has 0 radical (unpaired) electrons. The summed E-state index contributed by atoms with van der Waals surface area (Å²) >= 11 is 0. The predicted molar refractivity (Wildman–Crippen MR) is 59.9 cm³/mol. The molecule has 1 aromatic heterocycles. The molecule has 0 atom stereocenters. The molecule has 0 aliphatic carbocycles. The van der Waals surface area contributed by atoms with Gasteiger partial charge in [0.25, 0.3) is 0 Å². The summed E-state index contributed by atoms with van der Waals surface area (Å²) in [7, 11) is 1.80. The van der Waals surface area contributed by atoms with E-state index in [1.54, 1.807) is 11.9 Å². The molecule has 0 aromatic carbocycles. The van der Waals surface area contributed by atoms with Crippen molar-refractivity contribution in [2.24, 2.45) is 5.92 Å². The van der Waals surface area contributed by atoms with Gasteiger partial charge in [-0.05, 0) is 24.0 Å². The quantitative estimate of drug-likeness (QED) is 0.736. The van der Waals surface area contributed by atoms with Gasteiger partial charge in [0, 0.05) is 12.7 Å². The Bertz CT molecular complexity index is 399. The second kappa shape index (κ2) is 3.65. The first-order valence-corrected chi connectivity index (χ1v) is 5.32. The minimum Gasteiger partial charge on any atom is -0.313 e. The summed E-state index contributed by atoms with van der Waals surface area (Å²) < 4.78 is 0. The molecule has 0 saturated carbocycles. The van der Waals surface area contributed by atoms with Crippen molar-refractivity contribution in [2.75, 3.05) is 11.9 Å². The highest BCUT2D eigenvalue weighted by atomic mass is 16.2. The minimum atomic E-state index is 0.161. The van der Waals surface area contributed by atoms with Crippen LogP contribution in [0.15, 0.2) is 12.3 Å². The number of rotatable bonds is 2. The fourth-order valence-electron chi connectivity index (χ4n) is 1.93. The number of anilines is 1. The largest absolute Gasteiger partial charge is 0.313 e. The van der Waals surface area contributed by atoms with E-state index in [1.165, 1.54) is 0 Å².